The first-order chi connectivity index (χ1) is 13.5. The average molecular weight is 388 g/mol. The lowest BCUT2D eigenvalue weighted by Crippen LogP contribution is -2.49. The van der Waals surface area contributed by atoms with Crippen LogP contribution in [0.5, 0.6) is 0 Å². The van der Waals surface area contributed by atoms with Gasteiger partial charge >= 0.3 is 0 Å². The molecule has 1 aromatic rings. The molecule has 0 aliphatic carbocycles. The van der Waals surface area contributed by atoms with Crippen molar-refractivity contribution in [3.63, 3.8) is 0 Å². The van der Waals surface area contributed by atoms with Crippen LogP contribution >= 0.6 is 0 Å². The van der Waals surface area contributed by atoms with E-state index in [4.69, 9.17) is 4.99 Å². The van der Waals surface area contributed by atoms with Gasteiger partial charge in [0.05, 0.1) is 6.54 Å². The predicted octanol–water partition coefficient (Wildman–Crippen LogP) is 2.41. The van der Waals surface area contributed by atoms with Gasteiger partial charge in [-0.1, -0.05) is 18.6 Å². The number of hydrogen-bond acceptors (Lipinski definition) is 3. The SMILES string of the molecule is CCNC(=NCC(C)(C)N1CCCCC1)NCCc1cccc(C(=O)NC)c1. The Hall–Kier alpha value is -2.08. The van der Waals surface area contributed by atoms with Crippen molar-refractivity contribution >= 4 is 11.9 Å². The number of carbonyl (C=O) groups excluding carboxylic acids is 1. The third kappa shape index (κ3) is 6.82. The lowest BCUT2D eigenvalue weighted by atomic mass is 9.99. The van der Waals surface area contributed by atoms with E-state index in [1.165, 1.54) is 32.4 Å². The molecule has 1 amide bonds. The molecule has 1 aromatic carbocycles. The van der Waals surface area contributed by atoms with Crippen LogP contribution in [0, 0.1) is 0 Å². The van der Waals surface area contributed by atoms with Crippen LogP contribution in [-0.2, 0) is 6.42 Å². The highest BCUT2D eigenvalue weighted by atomic mass is 16.1. The molecule has 3 N–H and O–H groups in total. The zero-order chi connectivity index (χ0) is 20.4. The minimum absolute atomic E-state index is 0.0512. The first-order valence-corrected chi connectivity index (χ1v) is 10.5. The van der Waals surface area contributed by atoms with Crippen molar-refractivity contribution in [3.8, 4) is 0 Å². The molecule has 1 aliphatic rings. The zero-order valence-corrected chi connectivity index (χ0v) is 18.0. The maximum Gasteiger partial charge on any atom is 0.251 e. The summed E-state index contributed by atoms with van der Waals surface area (Å²) < 4.78 is 0. The normalized spacial score (nSPS) is 15.9. The Kier molecular flexibility index (Phi) is 8.77. The van der Waals surface area contributed by atoms with Gasteiger partial charge in [-0.2, -0.15) is 0 Å². The van der Waals surface area contributed by atoms with E-state index in [2.05, 4.69) is 47.7 Å². The molecular weight excluding hydrogens is 350 g/mol. The Morgan fingerprint density at radius 3 is 2.61 bits per heavy atom. The highest BCUT2D eigenvalue weighted by molar-refractivity contribution is 5.94. The lowest BCUT2D eigenvalue weighted by Gasteiger charge is -2.40. The molecule has 2 rings (SSSR count). The number of aliphatic imine (C=N–C) groups is 1. The quantitative estimate of drug-likeness (QED) is 0.473. The van der Waals surface area contributed by atoms with E-state index in [0.29, 0.717) is 5.56 Å². The first kappa shape index (κ1) is 22.2. The second-order valence-corrected chi connectivity index (χ2v) is 8.01. The van der Waals surface area contributed by atoms with Crippen LogP contribution in [0.4, 0.5) is 0 Å². The standard InChI is InChI=1S/C22H37N5O/c1-5-24-21(26-17-22(2,3)27-14-7-6-8-15-27)25-13-12-18-10-9-11-19(16-18)20(28)23-4/h9-11,16H,5-8,12-15,17H2,1-4H3,(H,23,28)(H2,24,25,26). The molecule has 1 saturated heterocycles. The zero-order valence-electron chi connectivity index (χ0n) is 18.0. The molecule has 0 spiro atoms. The Morgan fingerprint density at radius 1 is 1.18 bits per heavy atom. The molecule has 6 nitrogen and oxygen atoms in total. The van der Waals surface area contributed by atoms with Gasteiger partial charge in [-0.3, -0.25) is 14.7 Å². The molecule has 1 heterocycles. The molecule has 156 valence electrons. The van der Waals surface area contributed by atoms with E-state index in [-0.39, 0.29) is 11.4 Å². The molecule has 0 saturated carbocycles. The number of hydrogen-bond donors (Lipinski definition) is 3. The monoisotopic (exact) mass is 387 g/mol. The largest absolute Gasteiger partial charge is 0.357 e. The molecule has 0 unspecified atom stereocenters. The van der Waals surface area contributed by atoms with E-state index in [9.17, 15) is 4.79 Å². The smallest absolute Gasteiger partial charge is 0.251 e. The van der Waals surface area contributed by atoms with Crippen molar-refractivity contribution in [2.45, 2.75) is 52.0 Å². The molecule has 6 heteroatoms. The summed E-state index contributed by atoms with van der Waals surface area (Å²) in [6, 6.07) is 7.77. The summed E-state index contributed by atoms with van der Waals surface area (Å²) >= 11 is 0. The molecule has 1 aliphatic heterocycles. The van der Waals surface area contributed by atoms with E-state index in [1.54, 1.807) is 7.05 Å². The van der Waals surface area contributed by atoms with Gasteiger partial charge in [0.15, 0.2) is 5.96 Å². The van der Waals surface area contributed by atoms with Gasteiger partial charge in [0, 0.05) is 31.2 Å². The van der Waals surface area contributed by atoms with Crippen molar-refractivity contribution in [1.82, 2.24) is 20.9 Å². The van der Waals surface area contributed by atoms with Crippen LogP contribution in [0.15, 0.2) is 29.3 Å². The van der Waals surface area contributed by atoms with Crippen LogP contribution in [0.25, 0.3) is 0 Å². The number of amides is 1. The topological polar surface area (TPSA) is 68.8 Å². The van der Waals surface area contributed by atoms with E-state index >= 15 is 0 Å². The van der Waals surface area contributed by atoms with Gasteiger partial charge in [0.25, 0.3) is 5.91 Å². The van der Waals surface area contributed by atoms with Crippen molar-refractivity contribution in [1.29, 1.82) is 0 Å². The number of guanidine groups is 1. The Morgan fingerprint density at radius 2 is 1.93 bits per heavy atom. The van der Waals surface area contributed by atoms with Crippen LogP contribution < -0.4 is 16.0 Å². The van der Waals surface area contributed by atoms with Gasteiger partial charge < -0.3 is 16.0 Å². The maximum absolute atomic E-state index is 11.8. The van der Waals surface area contributed by atoms with E-state index in [0.717, 1.165) is 37.6 Å². The van der Waals surface area contributed by atoms with Crippen molar-refractivity contribution in [2.75, 3.05) is 39.8 Å². The number of benzene rings is 1. The second-order valence-electron chi connectivity index (χ2n) is 8.01. The Labute approximate surface area is 170 Å². The minimum atomic E-state index is -0.0512. The molecule has 28 heavy (non-hydrogen) atoms. The fourth-order valence-corrected chi connectivity index (χ4v) is 3.55. The Bertz CT molecular complexity index is 650. The third-order valence-electron chi connectivity index (χ3n) is 5.30. The summed E-state index contributed by atoms with van der Waals surface area (Å²) in [4.78, 5) is 19.2. The highest BCUT2D eigenvalue weighted by Gasteiger charge is 2.27. The molecule has 0 radical (unpaired) electrons. The van der Waals surface area contributed by atoms with Gasteiger partial charge in [-0.25, -0.2) is 0 Å². The van der Waals surface area contributed by atoms with Crippen molar-refractivity contribution < 1.29 is 4.79 Å². The molecule has 0 bridgehead atoms. The van der Waals surface area contributed by atoms with Crippen LogP contribution in [0.1, 0.15) is 56.0 Å². The van der Waals surface area contributed by atoms with Crippen molar-refractivity contribution in [2.24, 2.45) is 4.99 Å². The van der Waals surface area contributed by atoms with Gasteiger partial charge in [0.1, 0.15) is 0 Å². The number of nitrogens with one attached hydrogen (secondary N) is 3. The van der Waals surface area contributed by atoms with Crippen molar-refractivity contribution in [3.05, 3.63) is 35.4 Å². The van der Waals surface area contributed by atoms with Gasteiger partial charge in [-0.05, 0) is 70.8 Å². The minimum Gasteiger partial charge on any atom is -0.357 e. The summed E-state index contributed by atoms with van der Waals surface area (Å²) in [5.41, 5.74) is 1.91. The summed E-state index contributed by atoms with van der Waals surface area (Å²) in [5, 5.41) is 9.44. The number of likely N-dealkylation sites (tertiary alicyclic amines) is 1. The predicted molar refractivity (Wildman–Crippen MR) is 117 cm³/mol. The molecule has 1 fully saturated rings. The summed E-state index contributed by atoms with van der Waals surface area (Å²) in [6.07, 6.45) is 4.77. The van der Waals surface area contributed by atoms with E-state index in [1.807, 2.05) is 18.2 Å². The van der Waals surface area contributed by atoms with E-state index < -0.39 is 0 Å². The number of piperidine rings is 1. The number of rotatable bonds is 8. The third-order valence-corrected chi connectivity index (χ3v) is 5.30. The second kappa shape index (κ2) is 11.1. The summed E-state index contributed by atoms with van der Waals surface area (Å²) in [5.74, 6) is 0.805. The first-order valence-electron chi connectivity index (χ1n) is 10.5. The highest BCUT2D eigenvalue weighted by Crippen LogP contribution is 2.20. The van der Waals surface area contributed by atoms with Crippen LogP contribution in [0.3, 0.4) is 0 Å². The average Bonchev–Trinajstić information content (AvgIpc) is 2.72. The molecule has 0 aromatic heterocycles. The maximum atomic E-state index is 11.8. The molecule has 0 atom stereocenters. The fourth-order valence-electron chi connectivity index (χ4n) is 3.55. The Balaban J connectivity index is 1.89. The molecular formula is C22H37N5O. The van der Waals surface area contributed by atoms with Gasteiger partial charge in [0.2, 0.25) is 0 Å². The van der Waals surface area contributed by atoms with Crippen LogP contribution in [0.2, 0.25) is 0 Å². The van der Waals surface area contributed by atoms with Crippen LogP contribution in [-0.4, -0.2) is 62.1 Å². The number of nitrogens with zero attached hydrogens (tertiary/aromatic N) is 2. The van der Waals surface area contributed by atoms with Gasteiger partial charge in [-0.15, -0.1) is 0 Å². The lowest BCUT2D eigenvalue weighted by molar-refractivity contribution is 0.0963. The number of carbonyl (C=O) groups is 1. The fraction of sp³-hybridized carbons (Fsp3) is 0.636. The summed E-state index contributed by atoms with van der Waals surface area (Å²) in [6.45, 7) is 11.4. The summed E-state index contributed by atoms with van der Waals surface area (Å²) in [7, 11) is 1.65.